The van der Waals surface area contributed by atoms with E-state index >= 15 is 0 Å². The van der Waals surface area contributed by atoms with Crippen molar-refractivity contribution in [3.8, 4) is 0 Å². The van der Waals surface area contributed by atoms with Crippen LogP contribution in [0.3, 0.4) is 0 Å². The maximum Gasteiger partial charge on any atom is 0.0369 e. The van der Waals surface area contributed by atoms with Gasteiger partial charge in [-0.25, -0.2) is 0 Å². The van der Waals surface area contributed by atoms with Crippen molar-refractivity contribution >= 4 is 31.9 Å². The quantitative estimate of drug-likeness (QED) is 0.736. The molecule has 2 rings (SSSR count). The molecule has 0 aliphatic heterocycles. The van der Waals surface area contributed by atoms with Gasteiger partial charge in [0.05, 0.1) is 0 Å². The van der Waals surface area contributed by atoms with Crippen molar-refractivity contribution in [3.63, 3.8) is 0 Å². The number of aryl methyl sites for hydroxylation is 2. The first-order valence-corrected chi connectivity index (χ1v) is 8.29. The SMILES string of the molecule is CNC(Cc1c(C)cccc1C)c1ccc(Br)cc1Br. The van der Waals surface area contributed by atoms with Gasteiger partial charge in [0, 0.05) is 15.0 Å². The van der Waals surface area contributed by atoms with E-state index in [9.17, 15) is 0 Å². The Labute approximate surface area is 138 Å². The van der Waals surface area contributed by atoms with Gasteiger partial charge in [-0.3, -0.25) is 0 Å². The van der Waals surface area contributed by atoms with Crippen LogP contribution in [0.2, 0.25) is 0 Å². The van der Waals surface area contributed by atoms with Gasteiger partial charge in [0.2, 0.25) is 0 Å². The Morgan fingerprint density at radius 3 is 2.25 bits per heavy atom. The largest absolute Gasteiger partial charge is 0.313 e. The maximum atomic E-state index is 3.67. The summed E-state index contributed by atoms with van der Waals surface area (Å²) in [7, 11) is 2.02. The average Bonchev–Trinajstić information content (AvgIpc) is 2.40. The van der Waals surface area contributed by atoms with Gasteiger partial charge >= 0.3 is 0 Å². The zero-order valence-corrected chi connectivity index (χ0v) is 15.2. The van der Waals surface area contributed by atoms with Gasteiger partial charge in [-0.05, 0) is 61.7 Å². The molecule has 0 saturated heterocycles. The second-order valence-corrected chi connectivity index (χ2v) is 6.85. The third kappa shape index (κ3) is 3.51. The van der Waals surface area contributed by atoms with E-state index in [1.54, 1.807) is 0 Å². The highest BCUT2D eigenvalue weighted by Gasteiger charge is 2.15. The number of likely N-dealkylation sites (N-methyl/N-ethyl adjacent to an activating group) is 1. The molecule has 0 aliphatic rings. The average molecular weight is 397 g/mol. The van der Waals surface area contributed by atoms with Crippen LogP contribution in [0.5, 0.6) is 0 Å². The van der Waals surface area contributed by atoms with Gasteiger partial charge in [0.25, 0.3) is 0 Å². The van der Waals surface area contributed by atoms with Crippen molar-refractivity contribution < 1.29 is 0 Å². The van der Waals surface area contributed by atoms with E-state index in [2.05, 4.69) is 87.4 Å². The zero-order chi connectivity index (χ0) is 14.7. The molecule has 2 aromatic carbocycles. The minimum atomic E-state index is 0.303. The molecule has 2 aromatic rings. The molecular weight excluding hydrogens is 378 g/mol. The summed E-state index contributed by atoms with van der Waals surface area (Å²) in [5, 5.41) is 3.44. The highest BCUT2D eigenvalue weighted by Crippen LogP contribution is 2.30. The van der Waals surface area contributed by atoms with Crippen molar-refractivity contribution in [1.82, 2.24) is 5.32 Å². The van der Waals surface area contributed by atoms with E-state index in [-0.39, 0.29) is 0 Å². The summed E-state index contributed by atoms with van der Waals surface area (Å²) in [6, 6.07) is 13.2. The normalized spacial score (nSPS) is 12.4. The first-order chi connectivity index (χ1) is 9.52. The van der Waals surface area contributed by atoms with Gasteiger partial charge in [-0.15, -0.1) is 0 Å². The summed E-state index contributed by atoms with van der Waals surface area (Å²) in [5.74, 6) is 0. The molecule has 1 unspecified atom stereocenters. The molecule has 0 spiro atoms. The van der Waals surface area contributed by atoms with E-state index < -0.39 is 0 Å². The van der Waals surface area contributed by atoms with Crippen LogP contribution >= 0.6 is 31.9 Å². The van der Waals surface area contributed by atoms with Crippen molar-refractivity contribution in [2.75, 3.05) is 7.05 Å². The number of nitrogens with one attached hydrogen (secondary N) is 1. The molecule has 0 saturated carbocycles. The Morgan fingerprint density at radius 1 is 1.05 bits per heavy atom. The molecule has 20 heavy (non-hydrogen) atoms. The minimum Gasteiger partial charge on any atom is -0.313 e. The topological polar surface area (TPSA) is 12.0 Å². The standard InChI is InChI=1S/C17H19Br2N/c1-11-5-4-6-12(2)15(11)10-17(20-3)14-8-7-13(18)9-16(14)19/h4-9,17,20H,10H2,1-3H3. The fraction of sp³-hybridized carbons (Fsp3) is 0.294. The third-order valence-electron chi connectivity index (χ3n) is 3.74. The monoisotopic (exact) mass is 395 g/mol. The fourth-order valence-corrected chi connectivity index (χ4v) is 3.85. The second-order valence-electron chi connectivity index (χ2n) is 5.08. The molecule has 0 heterocycles. The van der Waals surface area contributed by atoms with E-state index in [0.717, 1.165) is 15.4 Å². The Balaban J connectivity index is 2.34. The smallest absolute Gasteiger partial charge is 0.0369 e. The Hall–Kier alpha value is -0.640. The first-order valence-electron chi connectivity index (χ1n) is 6.70. The summed E-state index contributed by atoms with van der Waals surface area (Å²) in [6.45, 7) is 4.37. The molecule has 106 valence electrons. The molecule has 0 aliphatic carbocycles. The van der Waals surface area contributed by atoms with Crippen molar-refractivity contribution in [1.29, 1.82) is 0 Å². The molecule has 0 fully saturated rings. The fourth-order valence-electron chi connectivity index (χ4n) is 2.53. The summed E-state index contributed by atoms with van der Waals surface area (Å²) in [4.78, 5) is 0. The number of benzene rings is 2. The van der Waals surface area contributed by atoms with Crippen LogP contribution in [0.4, 0.5) is 0 Å². The van der Waals surface area contributed by atoms with Gasteiger partial charge in [0.1, 0.15) is 0 Å². The molecular formula is C17H19Br2N. The van der Waals surface area contributed by atoms with Gasteiger partial charge < -0.3 is 5.32 Å². The Kier molecular flexibility index (Phi) is 5.42. The molecule has 1 atom stereocenters. The number of halogens is 2. The van der Waals surface area contributed by atoms with Crippen LogP contribution in [0.25, 0.3) is 0 Å². The minimum absolute atomic E-state index is 0.303. The summed E-state index contributed by atoms with van der Waals surface area (Å²) >= 11 is 7.18. The number of rotatable bonds is 4. The van der Waals surface area contributed by atoms with Crippen molar-refractivity contribution in [2.24, 2.45) is 0 Å². The zero-order valence-electron chi connectivity index (χ0n) is 12.0. The second kappa shape index (κ2) is 6.88. The lowest BCUT2D eigenvalue weighted by atomic mass is 9.93. The number of hydrogen-bond donors (Lipinski definition) is 1. The predicted molar refractivity (Wildman–Crippen MR) is 93.3 cm³/mol. The number of hydrogen-bond acceptors (Lipinski definition) is 1. The van der Waals surface area contributed by atoms with Crippen LogP contribution in [-0.2, 0) is 6.42 Å². The molecule has 0 aromatic heterocycles. The van der Waals surface area contributed by atoms with Crippen LogP contribution in [0.1, 0.15) is 28.3 Å². The summed E-state index contributed by atoms with van der Waals surface area (Å²) in [5.41, 5.74) is 5.44. The lowest BCUT2D eigenvalue weighted by Crippen LogP contribution is -2.20. The van der Waals surface area contributed by atoms with E-state index in [4.69, 9.17) is 0 Å². The van der Waals surface area contributed by atoms with Gasteiger partial charge in [-0.2, -0.15) is 0 Å². The van der Waals surface area contributed by atoms with E-state index in [1.165, 1.54) is 22.3 Å². The third-order valence-corrected chi connectivity index (χ3v) is 4.92. The maximum absolute atomic E-state index is 3.67. The summed E-state index contributed by atoms with van der Waals surface area (Å²) in [6.07, 6.45) is 0.995. The summed E-state index contributed by atoms with van der Waals surface area (Å²) < 4.78 is 2.23. The first kappa shape index (κ1) is 15.7. The molecule has 1 N–H and O–H groups in total. The van der Waals surface area contributed by atoms with Gasteiger partial charge in [0.15, 0.2) is 0 Å². The molecule has 0 bridgehead atoms. The van der Waals surface area contributed by atoms with Crippen LogP contribution < -0.4 is 5.32 Å². The lowest BCUT2D eigenvalue weighted by Gasteiger charge is -2.21. The Morgan fingerprint density at radius 2 is 1.70 bits per heavy atom. The highest BCUT2D eigenvalue weighted by molar-refractivity contribution is 9.11. The highest BCUT2D eigenvalue weighted by atomic mass is 79.9. The molecule has 1 nitrogen and oxygen atoms in total. The molecule has 0 radical (unpaired) electrons. The van der Waals surface area contributed by atoms with Crippen molar-refractivity contribution in [2.45, 2.75) is 26.3 Å². The van der Waals surface area contributed by atoms with Crippen LogP contribution in [-0.4, -0.2) is 7.05 Å². The molecule has 3 heteroatoms. The van der Waals surface area contributed by atoms with Crippen LogP contribution in [0, 0.1) is 13.8 Å². The van der Waals surface area contributed by atoms with E-state index in [0.29, 0.717) is 6.04 Å². The van der Waals surface area contributed by atoms with E-state index in [1.807, 2.05) is 7.05 Å². The van der Waals surface area contributed by atoms with Crippen molar-refractivity contribution in [3.05, 3.63) is 67.6 Å². The predicted octanol–water partition coefficient (Wildman–Crippen LogP) is 5.33. The Bertz CT molecular complexity index is 588. The molecule has 0 amide bonds. The van der Waals surface area contributed by atoms with Crippen LogP contribution in [0.15, 0.2) is 45.3 Å². The lowest BCUT2D eigenvalue weighted by molar-refractivity contribution is 0.587. The van der Waals surface area contributed by atoms with Gasteiger partial charge in [-0.1, -0.05) is 56.1 Å².